The van der Waals surface area contributed by atoms with Crippen LogP contribution in [0.1, 0.15) is 65.2 Å². The van der Waals surface area contributed by atoms with Gasteiger partial charge in [-0.1, -0.05) is 26.2 Å². The summed E-state index contributed by atoms with van der Waals surface area (Å²) in [5, 5.41) is 3.89. The highest BCUT2D eigenvalue weighted by Crippen LogP contribution is 2.37. The van der Waals surface area contributed by atoms with Crippen molar-refractivity contribution in [3.8, 4) is 0 Å². The Morgan fingerprint density at radius 3 is 2.47 bits per heavy atom. The van der Waals surface area contributed by atoms with Crippen molar-refractivity contribution in [1.29, 1.82) is 0 Å². The molecule has 1 N–H and O–H groups in total. The van der Waals surface area contributed by atoms with E-state index in [2.05, 4.69) is 24.1 Å². The topological polar surface area (TPSA) is 15.3 Å². The molecule has 0 aromatic rings. The molecule has 0 aromatic carbocycles. The van der Waals surface area contributed by atoms with E-state index >= 15 is 0 Å². The van der Waals surface area contributed by atoms with Crippen molar-refractivity contribution in [3.63, 3.8) is 0 Å². The first-order valence-electron chi connectivity index (χ1n) is 8.78. The van der Waals surface area contributed by atoms with Crippen molar-refractivity contribution in [2.45, 2.75) is 83.3 Å². The minimum absolute atomic E-state index is 0.782. The molecule has 0 radical (unpaired) electrons. The quantitative estimate of drug-likeness (QED) is 0.837. The van der Waals surface area contributed by atoms with Crippen molar-refractivity contribution in [1.82, 2.24) is 10.2 Å². The Bertz CT molecular complexity index is 279. The van der Waals surface area contributed by atoms with Gasteiger partial charge in [-0.3, -0.25) is 4.90 Å². The van der Waals surface area contributed by atoms with Crippen LogP contribution in [0.25, 0.3) is 0 Å². The lowest BCUT2D eigenvalue weighted by Gasteiger charge is -2.46. The van der Waals surface area contributed by atoms with Crippen LogP contribution < -0.4 is 5.32 Å². The summed E-state index contributed by atoms with van der Waals surface area (Å²) < 4.78 is 0. The fraction of sp³-hybridized carbons (Fsp3) is 1.00. The number of rotatable bonds is 4. The summed E-state index contributed by atoms with van der Waals surface area (Å²) in [6.07, 6.45) is 11.6. The number of piperazine rings is 1. The van der Waals surface area contributed by atoms with Gasteiger partial charge in [0.1, 0.15) is 0 Å². The van der Waals surface area contributed by atoms with E-state index in [0.29, 0.717) is 0 Å². The average Bonchev–Trinajstić information content (AvgIpc) is 3.31. The Labute approximate surface area is 119 Å². The molecule has 3 unspecified atom stereocenters. The summed E-state index contributed by atoms with van der Waals surface area (Å²) in [7, 11) is 0. The van der Waals surface area contributed by atoms with Gasteiger partial charge < -0.3 is 5.32 Å². The molecule has 2 aliphatic carbocycles. The number of nitrogens with one attached hydrogen (secondary N) is 1. The van der Waals surface area contributed by atoms with Crippen molar-refractivity contribution in [3.05, 3.63) is 0 Å². The number of nitrogens with zero attached hydrogens (tertiary/aromatic N) is 1. The third-order valence-electron chi connectivity index (χ3n) is 6.01. The Morgan fingerprint density at radius 2 is 1.84 bits per heavy atom. The summed E-state index contributed by atoms with van der Waals surface area (Å²) >= 11 is 0. The van der Waals surface area contributed by atoms with Gasteiger partial charge in [-0.2, -0.15) is 0 Å². The molecule has 0 spiro atoms. The van der Waals surface area contributed by atoms with Crippen molar-refractivity contribution < 1.29 is 0 Å². The SMILES string of the molecule is CCC1CNC(C2CCCCC2)CN1C(C)C1CC1. The van der Waals surface area contributed by atoms with Crippen molar-refractivity contribution in [2.75, 3.05) is 13.1 Å². The second-order valence-corrected chi connectivity index (χ2v) is 7.25. The summed E-state index contributed by atoms with van der Waals surface area (Å²) in [6.45, 7) is 7.40. The van der Waals surface area contributed by atoms with Gasteiger partial charge in [0.05, 0.1) is 0 Å². The van der Waals surface area contributed by atoms with Crippen LogP contribution in [0.3, 0.4) is 0 Å². The Morgan fingerprint density at radius 1 is 1.11 bits per heavy atom. The van der Waals surface area contributed by atoms with Crippen molar-refractivity contribution in [2.24, 2.45) is 11.8 Å². The number of hydrogen-bond acceptors (Lipinski definition) is 2. The van der Waals surface area contributed by atoms with Crippen LogP contribution in [-0.2, 0) is 0 Å². The molecule has 0 aromatic heterocycles. The van der Waals surface area contributed by atoms with E-state index in [1.807, 2.05) is 0 Å². The molecule has 1 heterocycles. The molecule has 1 aliphatic heterocycles. The number of hydrogen-bond donors (Lipinski definition) is 1. The summed E-state index contributed by atoms with van der Waals surface area (Å²) in [5.41, 5.74) is 0. The molecule has 110 valence electrons. The Balaban J connectivity index is 1.62. The van der Waals surface area contributed by atoms with Gasteiger partial charge in [0.25, 0.3) is 0 Å². The van der Waals surface area contributed by atoms with Gasteiger partial charge in [-0.05, 0) is 50.9 Å². The van der Waals surface area contributed by atoms with E-state index in [0.717, 1.165) is 30.0 Å². The van der Waals surface area contributed by atoms with Gasteiger partial charge in [0, 0.05) is 31.2 Å². The van der Waals surface area contributed by atoms with Crippen LogP contribution in [0, 0.1) is 11.8 Å². The van der Waals surface area contributed by atoms with E-state index < -0.39 is 0 Å². The predicted molar refractivity (Wildman–Crippen MR) is 81.3 cm³/mol. The monoisotopic (exact) mass is 264 g/mol. The second-order valence-electron chi connectivity index (χ2n) is 7.25. The van der Waals surface area contributed by atoms with Crippen LogP contribution in [0.5, 0.6) is 0 Å². The lowest BCUT2D eigenvalue weighted by Crippen LogP contribution is -2.61. The van der Waals surface area contributed by atoms with E-state index in [-0.39, 0.29) is 0 Å². The molecule has 2 saturated carbocycles. The molecule has 0 bridgehead atoms. The molecule has 3 atom stereocenters. The molecule has 3 aliphatic rings. The summed E-state index contributed by atoms with van der Waals surface area (Å²) in [4.78, 5) is 2.87. The molecule has 3 fully saturated rings. The first-order chi connectivity index (χ1) is 9.29. The molecule has 0 amide bonds. The maximum atomic E-state index is 3.89. The maximum absolute atomic E-state index is 3.89. The molecule has 19 heavy (non-hydrogen) atoms. The highest BCUT2D eigenvalue weighted by Gasteiger charge is 2.39. The summed E-state index contributed by atoms with van der Waals surface area (Å²) in [5.74, 6) is 1.97. The molecule has 2 heteroatoms. The van der Waals surface area contributed by atoms with Crippen LogP contribution in [0.4, 0.5) is 0 Å². The van der Waals surface area contributed by atoms with Crippen molar-refractivity contribution >= 4 is 0 Å². The van der Waals surface area contributed by atoms with Gasteiger partial charge in [-0.15, -0.1) is 0 Å². The van der Waals surface area contributed by atoms with Crippen LogP contribution in [0.2, 0.25) is 0 Å². The molecule has 3 rings (SSSR count). The van der Waals surface area contributed by atoms with Gasteiger partial charge in [-0.25, -0.2) is 0 Å². The van der Waals surface area contributed by atoms with Gasteiger partial charge in [0.15, 0.2) is 0 Å². The predicted octanol–water partition coefficient (Wildman–Crippen LogP) is 3.42. The van der Waals surface area contributed by atoms with Crippen LogP contribution >= 0.6 is 0 Å². The molecule has 2 nitrogen and oxygen atoms in total. The Kier molecular flexibility index (Phi) is 4.48. The van der Waals surface area contributed by atoms with E-state index in [4.69, 9.17) is 0 Å². The zero-order chi connectivity index (χ0) is 13.2. The minimum Gasteiger partial charge on any atom is -0.311 e. The fourth-order valence-electron chi connectivity index (χ4n) is 4.42. The van der Waals surface area contributed by atoms with Crippen LogP contribution in [0.15, 0.2) is 0 Å². The zero-order valence-electron chi connectivity index (χ0n) is 12.9. The first kappa shape index (κ1) is 13.9. The zero-order valence-corrected chi connectivity index (χ0v) is 12.9. The average molecular weight is 264 g/mol. The lowest BCUT2D eigenvalue weighted by atomic mass is 9.82. The highest BCUT2D eigenvalue weighted by molar-refractivity contribution is 4.95. The third kappa shape index (κ3) is 3.16. The minimum atomic E-state index is 0.782. The fourth-order valence-corrected chi connectivity index (χ4v) is 4.42. The third-order valence-corrected chi connectivity index (χ3v) is 6.01. The van der Waals surface area contributed by atoms with E-state index in [9.17, 15) is 0 Å². The first-order valence-corrected chi connectivity index (χ1v) is 8.78. The molecule has 1 saturated heterocycles. The van der Waals surface area contributed by atoms with E-state index in [1.54, 1.807) is 0 Å². The maximum Gasteiger partial charge on any atom is 0.0224 e. The highest BCUT2D eigenvalue weighted by atomic mass is 15.3. The van der Waals surface area contributed by atoms with Gasteiger partial charge >= 0.3 is 0 Å². The Hall–Kier alpha value is -0.0800. The van der Waals surface area contributed by atoms with Gasteiger partial charge in [0.2, 0.25) is 0 Å². The lowest BCUT2D eigenvalue weighted by molar-refractivity contribution is 0.0540. The second kappa shape index (κ2) is 6.13. The standard InChI is InChI=1S/C17H32N2/c1-3-16-11-18-17(15-7-5-4-6-8-15)12-19(16)13(2)14-9-10-14/h13-18H,3-12H2,1-2H3. The van der Waals surface area contributed by atoms with Crippen LogP contribution in [-0.4, -0.2) is 36.1 Å². The smallest absolute Gasteiger partial charge is 0.0224 e. The molecular weight excluding hydrogens is 232 g/mol. The largest absolute Gasteiger partial charge is 0.311 e. The normalized spacial score (nSPS) is 36.3. The van der Waals surface area contributed by atoms with E-state index in [1.165, 1.54) is 64.5 Å². The molecular formula is C17H32N2. The summed E-state index contributed by atoms with van der Waals surface area (Å²) in [6, 6.07) is 2.40.